The minimum Gasteiger partial charge on any atom is -0.375 e. The van der Waals surface area contributed by atoms with Gasteiger partial charge in [0.2, 0.25) is 11.8 Å². The molecule has 2 aliphatic heterocycles. The van der Waals surface area contributed by atoms with E-state index in [4.69, 9.17) is 4.74 Å². The number of carbonyl (C=O) groups excluding carboxylic acids is 2. The number of hydrogen-bond acceptors (Lipinski definition) is 3. The third-order valence-electron chi connectivity index (χ3n) is 4.68. The Kier molecular flexibility index (Phi) is 4.09. The SMILES string of the molecule is CCC1(CC)NC(=O)CN(C2CCOC(C)(C)C2)C1=O. The molecule has 20 heavy (non-hydrogen) atoms. The van der Waals surface area contributed by atoms with E-state index in [9.17, 15) is 9.59 Å². The van der Waals surface area contributed by atoms with Crippen LogP contribution in [0.3, 0.4) is 0 Å². The molecule has 5 heteroatoms. The second-order valence-electron chi connectivity index (χ2n) is 6.53. The highest BCUT2D eigenvalue weighted by Crippen LogP contribution is 2.31. The average Bonchev–Trinajstić information content (AvgIpc) is 2.40. The monoisotopic (exact) mass is 282 g/mol. The van der Waals surface area contributed by atoms with Crippen LogP contribution in [0.4, 0.5) is 0 Å². The maximum absolute atomic E-state index is 12.8. The van der Waals surface area contributed by atoms with Gasteiger partial charge in [0.15, 0.2) is 0 Å². The van der Waals surface area contributed by atoms with Gasteiger partial charge in [0.25, 0.3) is 0 Å². The summed E-state index contributed by atoms with van der Waals surface area (Å²) in [5.41, 5.74) is -0.935. The first-order valence-corrected chi connectivity index (χ1v) is 7.59. The fourth-order valence-corrected chi connectivity index (χ4v) is 3.35. The lowest BCUT2D eigenvalue weighted by Crippen LogP contribution is -2.68. The quantitative estimate of drug-likeness (QED) is 0.852. The summed E-state index contributed by atoms with van der Waals surface area (Å²) in [7, 11) is 0. The van der Waals surface area contributed by atoms with Gasteiger partial charge in [-0.05, 0) is 39.5 Å². The van der Waals surface area contributed by atoms with Crippen molar-refractivity contribution in [2.24, 2.45) is 0 Å². The Morgan fingerprint density at radius 3 is 2.50 bits per heavy atom. The Hall–Kier alpha value is -1.10. The number of piperazine rings is 1. The first-order valence-electron chi connectivity index (χ1n) is 7.59. The number of rotatable bonds is 3. The second-order valence-corrected chi connectivity index (χ2v) is 6.53. The minimum atomic E-state index is -0.711. The third-order valence-corrected chi connectivity index (χ3v) is 4.68. The molecule has 2 fully saturated rings. The highest BCUT2D eigenvalue weighted by molar-refractivity contribution is 5.98. The van der Waals surface area contributed by atoms with Gasteiger partial charge in [-0.25, -0.2) is 0 Å². The van der Waals surface area contributed by atoms with Crippen molar-refractivity contribution >= 4 is 11.8 Å². The molecular formula is C15H26N2O3. The Balaban J connectivity index is 2.22. The molecule has 2 aliphatic rings. The predicted molar refractivity (Wildman–Crippen MR) is 76.2 cm³/mol. The van der Waals surface area contributed by atoms with Crippen molar-refractivity contribution in [3.63, 3.8) is 0 Å². The number of carbonyl (C=O) groups is 2. The van der Waals surface area contributed by atoms with E-state index in [1.165, 1.54) is 0 Å². The van der Waals surface area contributed by atoms with Gasteiger partial charge < -0.3 is 15.0 Å². The van der Waals surface area contributed by atoms with Crippen LogP contribution < -0.4 is 5.32 Å². The van der Waals surface area contributed by atoms with Crippen molar-refractivity contribution in [3.05, 3.63) is 0 Å². The Morgan fingerprint density at radius 2 is 1.95 bits per heavy atom. The van der Waals surface area contributed by atoms with Gasteiger partial charge in [0, 0.05) is 12.6 Å². The van der Waals surface area contributed by atoms with Crippen molar-refractivity contribution in [1.29, 1.82) is 0 Å². The molecule has 2 rings (SSSR count). The number of amides is 2. The summed E-state index contributed by atoms with van der Waals surface area (Å²) >= 11 is 0. The Bertz CT molecular complexity index is 402. The molecule has 5 nitrogen and oxygen atoms in total. The second kappa shape index (κ2) is 5.35. The average molecular weight is 282 g/mol. The van der Waals surface area contributed by atoms with Gasteiger partial charge in [-0.2, -0.15) is 0 Å². The molecule has 0 bridgehead atoms. The molecule has 2 saturated heterocycles. The van der Waals surface area contributed by atoms with E-state index in [2.05, 4.69) is 5.32 Å². The zero-order valence-electron chi connectivity index (χ0n) is 13.0. The molecule has 0 aromatic carbocycles. The van der Waals surface area contributed by atoms with Crippen molar-refractivity contribution in [2.75, 3.05) is 13.2 Å². The first-order chi connectivity index (χ1) is 9.33. The maximum Gasteiger partial charge on any atom is 0.249 e. The molecule has 1 unspecified atom stereocenters. The van der Waals surface area contributed by atoms with Crippen molar-refractivity contribution < 1.29 is 14.3 Å². The normalized spacial score (nSPS) is 29.2. The summed E-state index contributed by atoms with van der Waals surface area (Å²) in [6.07, 6.45) is 2.87. The molecule has 0 spiro atoms. The molecule has 0 radical (unpaired) electrons. The highest BCUT2D eigenvalue weighted by Gasteiger charge is 2.47. The number of hydrogen-bond donors (Lipinski definition) is 1. The predicted octanol–water partition coefficient (Wildman–Crippen LogP) is 1.46. The third kappa shape index (κ3) is 2.68. The summed E-state index contributed by atoms with van der Waals surface area (Å²) < 4.78 is 5.71. The van der Waals surface area contributed by atoms with Crippen LogP contribution >= 0.6 is 0 Å². The van der Waals surface area contributed by atoms with Crippen LogP contribution in [0.2, 0.25) is 0 Å². The molecule has 0 aromatic rings. The van der Waals surface area contributed by atoms with Crippen molar-refractivity contribution in [2.45, 2.75) is 70.6 Å². The largest absolute Gasteiger partial charge is 0.375 e. The van der Waals surface area contributed by atoms with Gasteiger partial charge in [-0.1, -0.05) is 13.8 Å². The summed E-state index contributed by atoms with van der Waals surface area (Å²) in [5, 5.41) is 2.91. The Labute approximate surface area is 121 Å². The van der Waals surface area contributed by atoms with Gasteiger partial charge in [-0.3, -0.25) is 9.59 Å². The minimum absolute atomic E-state index is 0.0439. The van der Waals surface area contributed by atoms with Crippen molar-refractivity contribution in [1.82, 2.24) is 10.2 Å². The lowest BCUT2D eigenvalue weighted by Gasteiger charge is -2.47. The molecule has 0 saturated carbocycles. The zero-order chi connectivity index (χ0) is 15.0. The summed E-state index contributed by atoms with van der Waals surface area (Å²) in [5.74, 6) is 0.0300. The van der Waals surface area contributed by atoms with Crippen LogP contribution in [0.5, 0.6) is 0 Å². The standard InChI is InChI=1S/C15H26N2O3/c1-5-15(6-2)13(19)17(10-12(18)16-15)11-7-8-20-14(3,4)9-11/h11H,5-10H2,1-4H3,(H,16,18). The van der Waals surface area contributed by atoms with Crippen LogP contribution in [0.15, 0.2) is 0 Å². The van der Waals surface area contributed by atoms with Gasteiger partial charge >= 0.3 is 0 Å². The first kappa shape index (κ1) is 15.3. The van der Waals surface area contributed by atoms with E-state index in [1.807, 2.05) is 27.7 Å². The molecular weight excluding hydrogens is 256 g/mol. The molecule has 0 aromatic heterocycles. The lowest BCUT2D eigenvalue weighted by atomic mass is 9.85. The molecule has 2 amide bonds. The van der Waals surface area contributed by atoms with E-state index in [0.29, 0.717) is 19.4 Å². The molecule has 114 valence electrons. The molecule has 1 atom stereocenters. The summed E-state index contributed by atoms with van der Waals surface area (Å²) in [4.78, 5) is 26.6. The lowest BCUT2D eigenvalue weighted by molar-refractivity contribution is -0.158. The van der Waals surface area contributed by atoms with E-state index in [1.54, 1.807) is 4.90 Å². The van der Waals surface area contributed by atoms with E-state index in [0.717, 1.165) is 12.8 Å². The number of nitrogens with one attached hydrogen (secondary N) is 1. The topological polar surface area (TPSA) is 58.6 Å². The Morgan fingerprint density at radius 1 is 1.30 bits per heavy atom. The van der Waals surface area contributed by atoms with Crippen molar-refractivity contribution in [3.8, 4) is 0 Å². The number of ether oxygens (including phenoxy) is 1. The smallest absolute Gasteiger partial charge is 0.249 e. The van der Waals surface area contributed by atoms with Crippen LogP contribution in [0.25, 0.3) is 0 Å². The van der Waals surface area contributed by atoms with Crippen LogP contribution in [0.1, 0.15) is 53.4 Å². The van der Waals surface area contributed by atoms with Crippen LogP contribution in [0, 0.1) is 0 Å². The summed E-state index contributed by atoms with van der Waals surface area (Å²) in [6.45, 7) is 8.83. The fraction of sp³-hybridized carbons (Fsp3) is 0.867. The van der Waals surface area contributed by atoms with E-state index < -0.39 is 5.54 Å². The maximum atomic E-state index is 12.8. The van der Waals surface area contributed by atoms with Gasteiger partial charge in [-0.15, -0.1) is 0 Å². The summed E-state index contributed by atoms with van der Waals surface area (Å²) in [6, 6.07) is 0.106. The van der Waals surface area contributed by atoms with Crippen LogP contribution in [-0.4, -0.2) is 47.0 Å². The van der Waals surface area contributed by atoms with Gasteiger partial charge in [0.05, 0.1) is 12.1 Å². The number of nitrogens with zero attached hydrogens (tertiary/aromatic N) is 1. The molecule has 1 N–H and O–H groups in total. The highest BCUT2D eigenvalue weighted by atomic mass is 16.5. The van der Waals surface area contributed by atoms with E-state index >= 15 is 0 Å². The molecule has 2 heterocycles. The fourth-order valence-electron chi connectivity index (χ4n) is 3.35. The van der Waals surface area contributed by atoms with Gasteiger partial charge in [0.1, 0.15) is 5.54 Å². The van der Waals surface area contributed by atoms with E-state index in [-0.39, 0.29) is 30.0 Å². The molecule has 0 aliphatic carbocycles. The zero-order valence-corrected chi connectivity index (χ0v) is 13.0. The van der Waals surface area contributed by atoms with Crippen LogP contribution in [-0.2, 0) is 14.3 Å².